The summed E-state index contributed by atoms with van der Waals surface area (Å²) >= 11 is 0. The van der Waals surface area contributed by atoms with Crippen molar-refractivity contribution in [2.24, 2.45) is 11.3 Å². The summed E-state index contributed by atoms with van der Waals surface area (Å²) in [5, 5.41) is 0. The molecule has 1 aromatic carbocycles. The molecule has 1 aliphatic carbocycles. The smallest absolute Gasteiger partial charge is 0.410 e. The van der Waals surface area contributed by atoms with Gasteiger partial charge < -0.3 is 23.7 Å². The van der Waals surface area contributed by atoms with Gasteiger partial charge in [-0.05, 0) is 56.6 Å². The number of hydrogen-bond acceptors (Lipinski definition) is 5. The second-order valence-corrected chi connectivity index (χ2v) is 10.1. The minimum Gasteiger partial charge on any atom is -0.441 e. The van der Waals surface area contributed by atoms with Crippen molar-refractivity contribution in [3.05, 3.63) is 35.9 Å². The van der Waals surface area contributed by atoms with E-state index in [0.717, 1.165) is 56.1 Å². The maximum absolute atomic E-state index is 12.9. The molecule has 1 spiro atoms. The summed E-state index contributed by atoms with van der Waals surface area (Å²) in [6.45, 7) is 11.5. The Balaban J connectivity index is 1.28. The first kappa shape index (κ1) is 22.2. The molecule has 3 fully saturated rings. The molecule has 0 N–H and O–H groups in total. The van der Waals surface area contributed by atoms with Crippen LogP contribution in [0.4, 0.5) is 10.5 Å². The van der Waals surface area contributed by atoms with Gasteiger partial charge in [-0.2, -0.15) is 0 Å². The molecular formula is C25H32N4O4. The predicted molar refractivity (Wildman–Crippen MR) is 123 cm³/mol. The minimum atomic E-state index is -0.405. The van der Waals surface area contributed by atoms with E-state index < -0.39 is 5.60 Å². The number of carbonyl (C=O) groups is 1. The molecule has 1 saturated carbocycles. The molecule has 0 bridgehead atoms. The molecule has 2 saturated heterocycles. The first-order valence-corrected chi connectivity index (χ1v) is 11.9. The lowest BCUT2D eigenvalue weighted by atomic mass is 9.77. The van der Waals surface area contributed by atoms with E-state index in [0.29, 0.717) is 44.5 Å². The standard InChI is InChI=1S/C25H32N4O4/c1-26-20-5-6-21-22(12-20)28(18-27-21)14-19-4-3-7-25(13-19)16-29(23(30)33-25)15-24(17-31-2)8-10-32-11-9-24/h5-6,12,18-19H,3-4,7-11,13-17H2,2H3/t19-,25-/m0/s1. The topological polar surface area (TPSA) is 70.2 Å². The molecule has 1 aromatic heterocycles. The molecule has 3 heterocycles. The van der Waals surface area contributed by atoms with Crippen LogP contribution in [0.1, 0.15) is 38.5 Å². The molecule has 1 amide bonds. The SMILES string of the molecule is [C-]#[N+]c1ccc2ncn(C[C@H]3CCC[C@]4(C3)CN(CC3(COC)CCOCC3)C(=O)O4)c2c1. The monoisotopic (exact) mass is 452 g/mol. The molecule has 33 heavy (non-hydrogen) atoms. The van der Waals surface area contributed by atoms with E-state index in [-0.39, 0.29) is 11.5 Å². The number of hydrogen-bond donors (Lipinski definition) is 0. The van der Waals surface area contributed by atoms with Gasteiger partial charge in [0, 0.05) is 38.8 Å². The van der Waals surface area contributed by atoms with E-state index in [1.165, 1.54) is 0 Å². The van der Waals surface area contributed by atoms with Crippen LogP contribution < -0.4 is 0 Å². The van der Waals surface area contributed by atoms with Crippen molar-refractivity contribution < 1.29 is 19.0 Å². The van der Waals surface area contributed by atoms with E-state index in [9.17, 15) is 4.79 Å². The second kappa shape index (κ2) is 8.96. The Kier molecular flexibility index (Phi) is 6.02. The van der Waals surface area contributed by atoms with Crippen molar-refractivity contribution in [2.45, 2.75) is 50.7 Å². The fourth-order valence-electron chi connectivity index (χ4n) is 6.05. The number of nitrogens with zero attached hydrogens (tertiary/aromatic N) is 4. The maximum atomic E-state index is 12.9. The lowest BCUT2D eigenvalue weighted by Gasteiger charge is -2.39. The zero-order valence-corrected chi connectivity index (χ0v) is 19.3. The van der Waals surface area contributed by atoms with E-state index in [1.807, 2.05) is 29.4 Å². The fraction of sp³-hybridized carbons (Fsp3) is 0.640. The van der Waals surface area contributed by atoms with Crippen LogP contribution in [0, 0.1) is 17.9 Å². The van der Waals surface area contributed by atoms with Gasteiger partial charge in [-0.25, -0.2) is 14.6 Å². The fourth-order valence-corrected chi connectivity index (χ4v) is 6.05. The molecule has 3 aliphatic rings. The quantitative estimate of drug-likeness (QED) is 0.607. The Hall–Kier alpha value is -2.63. The number of imidazole rings is 1. The first-order valence-electron chi connectivity index (χ1n) is 11.9. The number of fused-ring (bicyclic) bond motifs is 1. The number of benzene rings is 1. The van der Waals surface area contributed by atoms with Gasteiger partial charge in [-0.1, -0.05) is 6.07 Å². The second-order valence-electron chi connectivity index (χ2n) is 10.1. The van der Waals surface area contributed by atoms with Crippen molar-refractivity contribution in [1.29, 1.82) is 0 Å². The van der Waals surface area contributed by atoms with Gasteiger partial charge in [0.1, 0.15) is 5.60 Å². The van der Waals surface area contributed by atoms with E-state index in [4.69, 9.17) is 20.8 Å². The van der Waals surface area contributed by atoms with Gasteiger partial charge in [-0.3, -0.25) is 0 Å². The zero-order valence-electron chi connectivity index (χ0n) is 19.3. The third-order valence-corrected chi connectivity index (χ3v) is 7.67. The molecule has 5 rings (SSSR count). The number of carbonyl (C=O) groups excluding carboxylic acids is 1. The Bertz CT molecular complexity index is 1050. The molecule has 2 aliphatic heterocycles. The van der Waals surface area contributed by atoms with Gasteiger partial charge >= 0.3 is 6.09 Å². The Morgan fingerprint density at radius 2 is 2.15 bits per heavy atom. The summed E-state index contributed by atoms with van der Waals surface area (Å²) in [5.74, 6) is 0.400. The van der Waals surface area contributed by atoms with Gasteiger partial charge in [0.2, 0.25) is 0 Å². The molecule has 2 atom stereocenters. The average molecular weight is 453 g/mol. The van der Waals surface area contributed by atoms with Gasteiger partial charge in [-0.15, -0.1) is 0 Å². The van der Waals surface area contributed by atoms with Gasteiger partial charge in [0.25, 0.3) is 0 Å². The van der Waals surface area contributed by atoms with E-state index in [1.54, 1.807) is 7.11 Å². The highest BCUT2D eigenvalue weighted by atomic mass is 16.6. The lowest BCUT2D eigenvalue weighted by Crippen LogP contribution is -2.46. The lowest BCUT2D eigenvalue weighted by molar-refractivity contribution is -0.0387. The van der Waals surface area contributed by atoms with Crippen LogP contribution in [-0.4, -0.2) is 66.2 Å². The highest BCUT2D eigenvalue weighted by molar-refractivity contribution is 5.79. The summed E-state index contributed by atoms with van der Waals surface area (Å²) < 4.78 is 19.3. The van der Waals surface area contributed by atoms with Crippen LogP contribution in [0.15, 0.2) is 24.5 Å². The van der Waals surface area contributed by atoms with Crippen molar-refractivity contribution in [1.82, 2.24) is 14.5 Å². The minimum absolute atomic E-state index is 0.0536. The largest absolute Gasteiger partial charge is 0.441 e. The van der Waals surface area contributed by atoms with Gasteiger partial charge in [0.05, 0.1) is 37.1 Å². The van der Waals surface area contributed by atoms with Crippen LogP contribution in [0.3, 0.4) is 0 Å². The van der Waals surface area contributed by atoms with E-state index in [2.05, 4.69) is 14.4 Å². The molecule has 8 heteroatoms. The van der Waals surface area contributed by atoms with Crippen molar-refractivity contribution in [3.63, 3.8) is 0 Å². The molecule has 176 valence electrons. The Morgan fingerprint density at radius 3 is 2.94 bits per heavy atom. The van der Waals surface area contributed by atoms with E-state index >= 15 is 0 Å². The van der Waals surface area contributed by atoms with Crippen LogP contribution in [0.5, 0.6) is 0 Å². The van der Waals surface area contributed by atoms with Crippen LogP contribution in [0.25, 0.3) is 15.9 Å². The number of rotatable bonds is 6. The number of amides is 1. The molecule has 0 unspecified atom stereocenters. The first-order chi connectivity index (χ1) is 16.0. The summed E-state index contributed by atoms with van der Waals surface area (Å²) in [6, 6.07) is 5.63. The predicted octanol–water partition coefficient (Wildman–Crippen LogP) is 4.41. The summed E-state index contributed by atoms with van der Waals surface area (Å²) in [4.78, 5) is 22.9. The van der Waals surface area contributed by atoms with Crippen LogP contribution >= 0.6 is 0 Å². The third-order valence-electron chi connectivity index (χ3n) is 7.67. The van der Waals surface area contributed by atoms with Gasteiger partial charge in [0.15, 0.2) is 5.69 Å². The summed E-state index contributed by atoms with van der Waals surface area (Å²) in [5.41, 5.74) is 2.07. The number of aromatic nitrogens is 2. The van der Waals surface area contributed by atoms with Crippen molar-refractivity contribution in [3.8, 4) is 0 Å². The van der Waals surface area contributed by atoms with Crippen LogP contribution in [0.2, 0.25) is 0 Å². The molecule has 2 aromatic rings. The normalized spacial score (nSPS) is 27.1. The molecule has 8 nitrogen and oxygen atoms in total. The average Bonchev–Trinajstić information content (AvgIpc) is 3.34. The maximum Gasteiger partial charge on any atom is 0.410 e. The van der Waals surface area contributed by atoms with Crippen molar-refractivity contribution >= 4 is 22.8 Å². The van der Waals surface area contributed by atoms with Crippen LogP contribution in [-0.2, 0) is 20.8 Å². The Morgan fingerprint density at radius 1 is 1.30 bits per heavy atom. The highest BCUT2D eigenvalue weighted by Crippen LogP contribution is 2.42. The third kappa shape index (κ3) is 4.44. The molecule has 0 radical (unpaired) electrons. The molecular weight excluding hydrogens is 420 g/mol. The van der Waals surface area contributed by atoms with Crippen molar-refractivity contribution in [2.75, 3.05) is 40.0 Å². The number of ether oxygens (including phenoxy) is 3. The Labute approximate surface area is 194 Å². The number of methoxy groups -OCH3 is 1. The zero-order chi connectivity index (χ0) is 22.9. The highest BCUT2D eigenvalue weighted by Gasteiger charge is 2.50. The summed E-state index contributed by atoms with van der Waals surface area (Å²) in [6.07, 6.45) is 7.41. The summed E-state index contributed by atoms with van der Waals surface area (Å²) in [7, 11) is 1.73.